The molecule has 0 saturated carbocycles. The summed E-state index contributed by atoms with van der Waals surface area (Å²) in [7, 11) is 0. The zero-order valence-corrected chi connectivity index (χ0v) is 23.4. The first-order chi connectivity index (χ1) is 19.2. The zero-order chi connectivity index (χ0) is 28.4. The maximum absolute atomic E-state index is 12.8. The van der Waals surface area contributed by atoms with Crippen molar-refractivity contribution in [1.29, 1.82) is 0 Å². The highest BCUT2D eigenvalue weighted by molar-refractivity contribution is 7.80. The Balaban J connectivity index is 1.52. The molecule has 9 heteroatoms. The van der Waals surface area contributed by atoms with E-state index in [1.807, 2.05) is 75.4 Å². The molecule has 3 heterocycles. The molecular formula is C31H31N5O3S. The molecule has 0 spiro atoms. The van der Waals surface area contributed by atoms with Gasteiger partial charge in [-0.25, -0.2) is 4.79 Å². The van der Waals surface area contributed by atoms with E-state index in [0.29, 0.717) is 11.7 Å². The van der Waals surface area contributed by atoms with Gasteiger partial charge in [-0.3, -0.25) is 9.78 Å². The molecule has 1 fully saturated rings. The number of aromatic nitrogens is 2. The normalized spacial score (nSPS) is 16.6. The Morgan fingerprint density at radius 1 is 1.02 bits per heavy atom. The zero-order valence-electron chi connectivity index (χ0n) is 22.6. The van der Waals surface area contributed by atoms with Crippen molar-refractivity contribution >= 4 is 34.9 Å². The van der Waals surface area contributed by atoms with Crippen LogP contribution in [0.25, 0.3) is 5.69 Å². The first kappa shape index (κ1) is 27.1. The molecule has 1 amide bonds. The fraction of sp³-hybridized carbons (Fsp3) is 0.226. The van der Waals surface area contributed by atoms with Crippen LogP contribution in [-0.4, -0.2) is 43.1 Å². The molecular weight excluding hydrogens is 522 g/mol. The minimum atomic E-state index is -0.968. The number of carbonyl (C=O) groups is 2. The molecule has 2 atom stereocenters. The summed E-state index contributed by atoms with van der Waals surface area (Å²) in [5.74, 6) is -1.06. The number of para-hydroxylation sites is 1. The van der Waals surface area contributed by atoms with Gasteiger partial charge in [0.05, 0.1) is 23.3 Å². The van der Waals surface area contributed by atoms with Crippen LogP contribution in [0.4, 0.5) is 5.69 Å². The summed E-state index contributed by atoms with van der Waals surface area (Å²) in [6.07, 6.45) is 2.01. The van der Waals surface area contributed by atoms with Gasteiger partial charge in [-0.15, -0.1) is 0 Å². The van der Waals surface area contributed by atoms with Crippen molar-refractivity contribution in [2.24, 2.45) is 0 Å². The van der Waals surface area contributed by atoms with Crippen molar-refractivity contribution in [1.82, 2.24) is 19.8 Å². The number of thiocarbonyl (C=S) groups is 1. The second-order valence-electron chi connectivity index (χ2n) is 9.95. The summed E-state index contributed by atoms with van der Waals surface area (Å²) in [4.78, 5) is 31.2. The van der Waals surface area contributed by atoms with Crippen LogP contribution in [0.5, 0.6) is 0 Å². The first-order valence-electron chi connectivity index (χ1n) is 13.1. The third-order valence-electron chi connectivity index (χ3n) is 7.32. The predicted molar refractivity (Wildman–Crippen MR) is 159 cm³/mol. The number of carbonyl (C=O) groups excluding carboxylic acids is 1. The lowest BCUT2D eigenvalue weighted by Crippen LogP contribution is -2.32. The summed E-state index contributed by atoms with van der Waals surface area (Å²) >= 11 is 5.80. The second-order valence-corrected chi connectivity index (χ2v) is 10.3. The number of nitrogens with one attached hydrogen (secondary N) is 2. The van der Waals surface area contributed by atoms with E-state index in [1.165, 1.54) is 0 Å². The van der Waals surface area contributed by atoms with Gasteiger partial charge in [0.15, 0.2) is 5.11 Å². The highest BCUT2D eigenvalue weighted by Crippen LogP contribution is 2.41. The Hall–Kier alpha value is -4.50. The number of pyridine rings is 1. The van der Waals surface area contributed by atoms with Crippen molar-refractivity contribution in [3.05, 3.63) is 113 Å². The van der Waals surface area contributed by atoms with Gasteiger partial charge in [0.2, 0.25) is 5.91 Å². The third kappa shape index (κ3) is 5.33. The molecule has 0 aliphatic carbocycles. The van der Waals surface area contributed by atoms with E-state index in [9.17, 15) is 14.7 Å². The molecule has 1 saturated heterocycles. The Morgan fingerprint density at radius 3 is 2.48 bits per heavy atom. The average molecular weight is 554 g/mol. The maximum Gasteiger partial charge on any atom is 0.335 e. The summed E-state index contributed by atoms with van der Waals surface area (Å²) in [6, 6.07) is 22.0. The molecule has 2 aromatic carbocycles. The molecule has 2 aromatic heterocycles. The third-order valence-corrected chi connectivity index (χ3v) is 7.67. The lowest BCUT2D eigenvalue weighted by Gasteiger charge is -2.28. The average Bonchev–Trinajstić information content (AvgIpc) is 3.43. The molecule has 0 radical (unpaired) electrons. The van der Waals surface area contributed by atoms with E-state index in [2.05, 4.69) is 31.2 Å². The molecule has 1 aliphatic heterocycles. The molecule has 4 aromatic rings. The molecule has 3 N–H and O–H groups in total. The van der Waals surface area contributed by atoms with E-state index in [-0.39, 0.29) is 30.0 Å². The van der Waals surface area contributed by atoms with Crippen molar-refractivity contribution in [3.63, 3.8) is 0 Å². The van der Waals surface area contributed by atoms with Crippen molar-refractivity contribution in [3.8, 4) is 5.69 Å². The highest BCUT2D eigenvalue weighted by atomic mass is 32.1. The minimum Gasteiger partial charge on any atom is -0.478 e. The van der Waals surface area contributed by atoms with E-state index in [1.54, 1.807) is 18.3 Å². The van der Waals surface area contributed by atoms with Crippen molar-refractivity contribution in [2.75, 3.05) is 11.9 Å². The number of rotatable bonds is 8. The Bertz CT molecular complexity index is 1570. The van der Waals surface area contributed by atoms with E-state index >= 15 is 0 Å². The second kappa shape index (κ2) is 11.3. The summed E-state index contributed by atoms with van der Waals surface area (Å²) < 4.78 is 2.09. The largest absolute Gasteiger partial charge is 0.478 e. The molecule has 5 rings (SSSR count). The number of amides is 1. The lowest BCUT2D eigenvalue weighted by molar-refractivity contribution is -0.116. The SMILES string of the molecule is Cc1ccc(C(=O)O)cc1-n1c(C)cc([C@@H]2[C@H](c3ccccn3)NC(=S)N2CCC(=O)Nc2ccccc2)c1C. The quantitative estimate of drug-likeness (QED) is 0.248. The van der Waals surface area contributed by atoms with Gasteiger partial charge >= 0.3 is 5.97 Å². The van der Waals surface area contributed by atoms with Crippen LogP contribution < -0.4 is 10.6 Å². The van der Waals surface area contributed by atoms with Crippen molar-refractivity contribution < 1.29 is 14.7 Å². The fourth-order valence-corrected chi connectivity index (χ4v) is 5.72. The molecule has 40 heavy (non-hydrogen) atoms. The van der Waals surface area contributed by atoms with Gasteiger partial charge in [0.25, 0.3) is 0 Å². The number of anilines is 1. The predicted octanol–water partition coefficient (Wildman–Crippen LogP) is 5.50. The number of hydrogen-bond acceptors (Lipinski definition) is 4. The number of aryl methyl sites for hydroxylation is 2. The molecule has 204 valence electrons. The number of carboxylic acids is 1. The van der Waals surface area contributed by atoms with Crippen LogP contribution in [0.15, 0.2) is 79.0 Å². The van der Waals surface area contributed by atoms with Gasteiger partial charge in [-0.2, -0.15) is 0 Å². The smallest absolute Gasteiger partial charge is 0.335 e. The van der Waals surface area contributed by atoms with Gasteiger partial charge in [0, 0.05) is 41.9 Å². The number of carboxylic acid groups (broad SMARTS) is 1. The number of benzene rings is 2. The highest BCUT2D eigenvalue weighted by Gasteiger charge is 2.41. The summed E-state index contributed by atoms with van der Waals surface area (Å²) in [5.41, 5.74) is 6.59. The Morgan fingerprint density at radius 2 is 1.77 bits per heavy atom. The molecule has 8 nitrogen and oxygen atoms in total. The van der Waals surface area contributed by atoms with Gasteiger partial charge in [-0.1, -0.05) is 30.3 Å². The van der Waals surface area contributed by atoms with Crippen LogP contribution in [0.2, 0.25) is 0 Å². The van der Waals surface area contributed by atoms with Gasteiger partial charge in [-0.05, 0) is 86.6 Å². The number of aromatic carboxylic acids is 1. The van der Waals surface area contributed by atoms with Crippen LogP contribution in [0.3, 0.4) is 0 Å². The van der Waals surface area contributed by atoms with Crippen LogP contribution in [0, 0.1) is 20.8 Å². The van der Waals surface area contributed by atoms with Gasteiger partial charge in [0.1, 0.15) is 0 Å². The first-order valence-corrected chi connectivity index (χ1v) is 13.5. The van der Waals surface area contributed by atoms with Crippen LogP contribution in [0.1, 0.15) is 57.1 Å². The molecule has 0 unspecified atom stereocenters. The fourth-order valence-electron chi connectivity index (χ4n) is 5.39. The van der Waals surface area contributed by atoms with E-state index in [4.69, 9.17) is 12.2 Å². The topological polar surface area (TPSA) is 99.5 Å². The molecule has 0 bridgehead atoms. The summed E-state index contributed by atoms with van der Waals surface area (Å²) in [6.45, 7) is 6.43. The maximum atomic E-state index is 12.8. The van der Waals surface area contributed by atoms with Crippen molar-refractivity contribution in [2.45, 2.75) is 39.3 Å². The van der Waals surface area contributed by atoms with Crippen LogP contribution in [-0.2, 0) is 4.79 Å². The molecule has 1 aliphatic rings. The standard InChI is InChI=1S/C31H31N5O3S/c1-19-12-13-22(30(38)39)18-26(19)36-20(2)17-24(21(36)3)29-28(25-11-7-8-15-32-25)34-31(40)35(29)16-14-27(37)33-23-9-5-4-6-10-23/h4-13,15,17-18,28-29H,14,16H2,1-3H3,(H,33,37)(H,34,40)(H,38,39)/t28-,29+/m0/s1. The van der Waals surface area contributed by atoms with E-state index < -0.39 is 5.97 Å². The van der Waals surface area contributed by atoms with Gasteiger partial charge < -0.3 is 25.2 Å². The number of nitrogens with zero attached hydrogens (tertiary/aromatic N) is 3. The van der Waals surface area contributed by atoms with Crippen LogP contribution >= 0.6 is 12.2 Å². The minimum absolute atomic E-state index is 0.0966. The Labute approximate surface area is 238 Å². The number of hydrogen-bond donors (Lipinski definition) is 3. The van der Waals surface area contributed by atoms with E-state index in [0.717, 1.165) is 39.6 Å². The Kier molecular flexibility index (Phi) is 7.66. The summed E-state index contributed by atoms with van der Waals surface area (Å²) in [5, 5.41) is 16.6. The monoisotopic (exact) mass is 553 g/mol. The lowest BCUT2D eigenvalue weighted by atomic mass is 9.96.